The highest BCUT2D eigenvalue weighted by Crippen LogP contribution is 2.30. The number of carbonyl (C=O) groups excluding carboxylic acids is 2. The molecule has 0 bridgehead atoms. The Morgan fingerprint density at radius 2 is 1.79 bits per heavy atom. The van der Waals surface area contributed by atoms with Gasteiger partial charge in [-0.05, 0) is 31.5 Å². The molecular weight excluding hydrogens is 435 g/mol. The third-order valence-electron chi connectivity index (χ3n) is 5.49. The number of nitrogens with one attached hydrogen (secondary N) is 1. The first kappa shape index (κ1) is 22.9. The van der Waals surface area contributed by atoms with Gasteiger partial charge in [0.2, 0.25) is 0 Å². The maximum atomic E-state index is 14.9. The van der Waals surface area contributed by atoms with Gasteiger partial charge in [0.25, 0.3) is 5.91 Å². The average Bonchev–Trinajstić information content (AvgIpc) is 3.40. The predicted octanol–water partition coefficient (Wildman–Crippen LogP) is 3.70. The molecule has 2 heterocycles. The topological polar surface area (TPSA) is 133 Å². The summed E-state index contributed by atoms with van der Waals surface area (Å²) in [5, 5.41) is 11.5. The molecule has 174 valence electrons. The zero-order chi connectivity index (χ0) is 24.4. The van der Waals surface area contributed by atoms with E-state index >= 15 is 0 Å². The monoisotopic (exact) mass is 460 g/mol. The van der Waals surface area contributed by atoms with Crippen molar-refractivity contribution in [3.05, 3.63) is 77.2 Å². The number of hydrogen-bond acceptors (Lipinski definition) is 5. The minimum absolute atomic E-state index is 0.0467. The van der Waals surface area contributed by atoms with Gasteiger partial charge in [0, 0.05) is 35.7 Å². The molecule has 0 atom stereocenters. The van der Waals surface area contributed by atoms with E-state index in [2.05, 4.69) is 15.3 Å². The first-order chi connectivity index (χ1) is 16.2. The van der Waals surface area contributed by atoms with Crippen LogP contribution >= 0.6 is 0 Å². The van der Waals surface area contributed by atoms with Crippen LogP contribution in [0, 0.1) is 5.82 Å². The van der Waals surface area contributed by atoms with Gasteiger partial charge in [-0.25, -0.2) is 9.07 Å². The van der Waals surface area contributed by atoms with Crippen LogP contribution < -0.4 is 11.5 Å². The van der Waals surface area contributed by atoms with Crippen LogP contribution in [0.25, 0.3) is 22.5 Å². The Hall–Kier alpha value is -4.27. The molecular formula is C25H25FN6O2. The number of amides is 1. The lowest BCUT2D eigenvalue weighted by Gasteiger charge is -2.07. The molecule has 8 nitrogen and oxygen atoms in total. The summed E-state index contributed by atoms with van der Waals surface area (Å²) in [4.78, 5) is 24.6. The summed E-state index contributed by atoms with van der Waals surface area (Å²) in [6, 6.07) is 15.7. The number of aromatic amines is 1. The number of benzene rings is 2. The molecule has 0 aliphatic carbocycles. The largest absolute Gasteiger partial charge is 0.383 e. The molecule has 2 aromatic carbocycles. The van der Waals surface area contributed by atoms with Crippen molar-refractivity contribution >= 4 is 17.5 Å². The van der Waals surface area contributed by atoms with Crippen molar-refractivity contribution in [2.24, 2.45) is 5.73 Å². The molecule has 0 unspecified atom stereocenters. The fourth-order valence-corrected chi connectivity index (χ4v) is 3.82. The summed E-state index contributed by atoms with van der Waals surface area (Å²) in [7, 11) is 0. The normalized spacial score (nSPS) is 11.2. The van der Waals surface area contributed by atoms with Crippen molar-refractivity contribution in [3.63, 3.8) is 0 Å². The molecule has 0 saturated heterocycles. The Kier molecular flexibility index (Phi) is 6.27. The first-order valence-corrected chi connectivity index (χ1v) is 10.8. The number of nitrogens with zero attached hydrogens (tertiary/aromatic N) is 3. The van der Waals surface area contributed by atoms with E-state index in [1.54, 1.807) is 6.07 Å². The number of aromatic nitrogens is 4. The number of hydrogen-bond donors (Lipinski definition) is 3. The van der Waals surface area contributed by atoms with Crippen LogP contribution in [-0.2, 0) is 17.6 Å². The second kappa shape index (κ2) is 9.30. The number of halogens is 1. The zero-order valence-corrected chi connectivity index (χ0v) is 18.9. The Labute approximate surface area is 195 Å². The van der Waals surface area contributed by atoms with E-state index in [4.69, 9.17) is 11.5 Å². The van der Waals surface area contributed by atoms with Crippen molar-refractivity contribution in [1.82, 2.24) is 20.0 Å². The number of primary amides is 1. The Bertz CT molecular complexity index is 1360. The molecule has 4 aromatic rings. The second-order valence-corrected chi connectivity index (χ2v) is 8.35. The Balaban J connectivity index is 1.51. The zero-order valence-electron chi connectivity index (χ0n) is 18.9. The highest BCUT2D eigenvalue weighted by Gasteiger charge is 2.23. The van der Waals surface area contributed by atoms with Crippen LogP contribution in [0.3, 0.4) is 0 Å². The van der Waals surface area contributed by atoms with Gasteiger partial charge in [0.1, 0.15) is 28.7 Å². The minimum Gasteiger partial charge on any atom is -0.383 e. The third-order valence-corrected chi connectivity index (χ3v) is 5.49. The number of rotatable bonds is 8. The summed E-state index contributed by atoms with van der Waals surface area (Å²) in [6.45, 7) is 3.71. The summed E-state index contributed by atoms with van der Waals surface area (Å²) in [5.41, 5.74) is 14.7. The fourth-order valence-electron chi connectivity index (χ4n) is 3.82. The maximum Gasteiger partial charge on any atom is 0.254 e. The van der Waals surface area contributed by atoms with Crippen LogP contribution in [-0.4, -0.2) is 31.7 Å². The number of Topliss-reactive ketones (excluding diaryl/α,β-unsaturated/α-hetero) is 1. The third kappa shape index (κ3) is 4.59. The van der Waals surface area contributed by atoms with E-state index in [0.717, 1.165) is 11.3 Å². The van der Waals surface area contributed by atoms with Crippen LogP contribution in [0.2, 0.25) is 0 Å². The van der Waals surface area contributed by atoms with E-state index in [-0.39, 0.29) is 47.3 Å². The van der Waals surface area contributed by atoms with Crippen molar-refractivity contribution in [3.8, 4) is 22.5 Å². The number of H-pyrrole nitrogens is 1. The lowest BCUT2D eigenvalue weighted by atomic mass is 10.0. The summed E-state index contributed by atoms with van der Waals surface area (Å²) < 4.78 is 16.4. The van der Waals surface area contributed by atoms with E-state index in [0.29, 0.717) is 11.3 Å². The van der Waals surface area contributed by atoms with Gasteiger partial charge in [-0.3, -0.25) is 14.7 Å². The minimum atomic E-state index is -0.742. The van der Waals surface area contributed by atoms with Gasteiger partial charge in [0.05, 0.1) is 5.69 Å². The molecule has 4 rings (SSSR count). The second-order valence-electron chi connectivity index (χ2n) is 8.35. The number of carbonyl (C=O) groups is 2. The summed E-state index contributed by atoms with van der Waals surface area (Å²) in [5.74, 6) is -1.35. The average molecular weight is 461 g/mol. The van der Waals surface area contributed by atoms with E-state index in [1.807, 2.05) is 50.2 Å². The molecule has 0 radical (unpaired) electrons. The number of nitrogen functional groups attached to an aromatic ring is 1. The van der Waals surface area contributed by atoms with Crippen LogP contribution in [0.5, 0.6) is 0 Å². The van der Waals surface area contributed by atoms with E-state index in [9.17, 15) is 14.0 Å². The molecule has 0 aliphatic heterocycles. The van der Waals surface area contributed by atoms with Crippen LogP contribution in [0.1, 0.15) is 41.5 Å². The number of ketones is 1. The van der Waals surface area contributed by atoms with Crippen LogP contribution in [0.15, 0.2) is 54.6 Å². The Morgan fingerprint density at radius 1 is 1.06 bits per heavy atom. The molecule has 9 heteroatoms. The molecule has 0 aliphatic rings. The van der Waals surface area contributed by atoms with Crippen molar-refractivity contribution in [2.45, 2.75) is 32.7 Å². The molecule has 5 N–H and O–H groups in total. The van der Waals surface area contributed by atoms with Crippen LogP contribution in [0.4, 0.5) is 10.2 Å². The number of nitrogens with two attached hydrogens (primary N) is 2. The van der Waals surface area contributed by atoms with Gasteiger partial charge in [-0.1, -0.05) is 42.5 Å². The number of anilines is 1. The SMILES string of the molecule is CC(C)n1nc(-c2ccc(CC(=O)Cc3cc(-c4ccccc4)n[nH]3)c(F)c2)c(C(N)=O)c1N. The van der Waals surface area contributed by atoms with Crippen molar-refractivity contribution < 1.29 is 14.0 Å². The van der Waals surface area contributed by atoms with Gasteiger partial charge >= 0.3 is 0 Å². The van der Waals surface area contributed by atoms with Gasteiger partial charge in [-0.15, -0.1) is 0 Å². The van der Waals surface area contributed by atoms with E-state index in [1.165, 1.54) is 16.8 Å². The molecule has 2 aromatic heterocycles. The quantitative estimate of drug-likeness (QED) is 0.369. The summed E-state index contributed by atoms with van der Waals surface area (Å²) in [6.07, 6.45) is 0.0131. The predicted molar refractivity (Wildman–Crippen MR) is 127 cm³/mol. The molecule has 0 saturated carbocycles. The highest BCUT2D eigenvalue weighted by molar-refractivity contribution is 6.03. The lowest BCUT2D eigenvalue weighted by molar-refractivity contribution is -0.117. The molecule has 1 amide bonds. The highest BCUT2D eigenvalue weighted by atomic mass is 19.1. The van der Waals surface area contributed by atoms with Gasteiger partial charge < -0.3 is 11.5 Å². The smallest absolute Gasteiger partial charge is 0.254 e. The molecule has 0 fully saturated rings. The van der Waals surface area contributed by atoms with E-state index < -0.39 is 11.7 Å². The maximum absolute atomic E-state index is 14.9. The standard InChI is InChI=1S/C25H25FN6O2/c1-14(2)32-24(27)22(25(28)34)23(31-32)17-9-8-16(20(26)11-17)10-19(33)12-18-13-21(30-29-18)15-6-4-3-5-7-15/h3-9,11,13-14H,10,12,27H2,1-2H3,(H2,28,34)(H,29,30). The first-order valence-electron chi connectivity index (χ1n) is 10.8. The lowest BCUT2D eigenvalue weighted by Crippen LogP contribution is -2.15. The fraction of sp³-hybridized carbons (Fsp3) is 0.200. The molecule has 34 heavy (non-hydrogen) atoms. The van der Waals surface area contributed by atoms with Gasteiger partial charge in [0.15, 0.2) is 0 Å². The molecule has 0 spiro atoms. The van der Waals surface area contributed by atoms with Gasteiger partial charge in [-0.2, -0.15) is 10.2 Å². The summed E-state index contributed by atoms with van der Waals surface area (Å²) >= 11 is 0. The van der Waals surface area contributed by atoms with Crippen molar-refractivity contribution in [1.29, 1.82) is 0 Å². The Morgan fingerprint density at radius 3 is 2.44 bits per heavy atom. The van der Waals surface area contributed by atoms with Crippen molar-refractivity contribution in [2.75, 3.05) is 5.73 Å².